The third kappa shape index (κ3) is 3.84. The van der Waals surface area contributed by atoms with Gasteiger partial charge in [0.15, 0.2) is 5.82 Å². The first-order valence-electron chi connectivity index (χ1n) is 9.64. The summed E-state index contributed by atoms with van der Waals surface area (Å²) in [6.45, 7) is 0. The number of nitrogens with one attached hydrogen (secondary N) is 2. The molecule has 0 atom stereocenters. The maximum atomic E-state index is 4.73. The van der Waals surface area contributed by atoms with Gasteiger partial charge in [-0.05, 0) is 72.8 Å². The van der Waals surface area contributed by atoms with Gasteiger partial charge in [-0.25, -0.2) is 19.9 Å². The molecule has 0 unspecified atom stereocenters. The van der Waals surface area contributed by atoms with Crippen LogP contribution in [0.4, 0.5) is 0 Å². The molecule has 2 aliphatic heterocycles. The van der Waals surface area contributed by atoms with E-state index in [2.05, 4.69) is 19.9 Å². The van der Waals surface area contributed by atoms with E-state index in [1.54, 1.807) is 12.4 Å². The van der Waals surface area contributed by atoms with Crippen molar-refractivity contribution in [2.75, 3.05) is 0 Å². The van der Waals surface area contributed by atoms with Gasteiger partial charge >= 0.3 is 0 Å². The van der Waals surface area contributed by atoms with E-state index in [0.29, 0.717) is 5.82 Å². The second kappa shape index (κ2) is 7.79. The van der Waals surface area contributed by atoms with Crippen LogP contribution in [0.15, 0.2) is 60.9 Å². The first-order chi connectivity index (χ1) is 14.8. The summed E-state index contributed by atoms with van der Waals surface area (Å²) in [5, 5.41) is 0. The van der Waals surface area contributed by atoms with Crippen molar-refractivity contribution in [2.24, 2.45) is 0 Å². The van der Waals surface area contributed by atoms with Gasteiger partial charge in [-0.1, -0.05) is 0 Å². The van der Waals surface area contributed by atoms with Crippen molar-refractivity contribution in [3.63, 3.8) is 0 Å². The van der Waals surface area contributed by atoms with Crippen molar-refractivity contribution in [3.05, 3.63) is 83.7 Å². The zero-order chi connectivity index (χ0) is 19.9. The Kier molecular flexibility index (Phi) is 4.82. The van der Waals surface area contributed by atoms with Gasteiger partial charge in [0.05, 0.1) is 28.3 Å². The van der Waals surface area contributed by atoms with E-state index in [1.165, 1.54) is 0 Å². The number of hydrogen-bond donors (Lipinski definition) is 2. The summed E-state index contributed by atoms with van der Waals surface area (Å²) in [6.07, 6.45) is 11.5. The largest absolute Gasteiger partial charge is 0.355 e. The van der Waals surface area contributed by atoms with Crippen molar-refractivity contribution in [1.82, 2.24) is 29.9 Å². The topological polar surface area (TPSA) is 83.1 Å². The molecule has 0 fully saturated rings. The van der Waals surface area contributed by atoms with Crippen molar-refractivity contribution < 1.29 is 17.1 Å². The van der Waals surface area contributed by atoms with Crippen LogP contribution < -0.4 is 0 Å². The Bertz CT molecular complexity index is 1500. The predicted octanol–water partition coefficient (Wildman–Crippen LogP) is 5.11. The second-order valence-corrected chi connectivity index (χ2v) is 7.16. The Morgan fingerprint density at radius 1 is 0.581 bits per heavy atom. The van der Waals surface area contributed by atoms with Crippen molar-refractivity contribution >= 4 is 46.4 Å². The Morgan fingerprint density at radius 3 is 1.74 bits per heavy atom. The molecule has 8 bridgehead atoms. The third-order valence-corrected chi connectivity index (χ3v) is 4.98. The number of H-pyrrole nitrogens is 2. The van der Waals surface area contributed by atoms with E-state index >= 15 is 0 Å². The van der Waals surface area contributed by atoms with E-state index in [0.717, 1.165) is 50.4 Å². The average Bonchev–Trinajstić information content (AvgIpc) is 3.53. The summed E-state index contributed by atoms with van der Waals surface area (Å²) >= 11 is 0. The molecule has 1 radical (unpaired) electrons. The molecule has 0 amide bonds. The van der Waals surface area contributed by atoms with Crippen molar-refractivity contribution in [2.45, 2.75) is 0 Å². The van der Waals surface area contributed by atoms with Crippen LogP contribution in [0, 0.1) is 0 Å². The summed E-state index contributed by atoms with van der Waals surface area (Å²) in [5.41, 5.74) is 8.31. The van der Waals surface area contributed by atoms with Gasteiger partial charge < -0.3 is 9.97 Å². The number of hydrogen-bond acceptors (Lipinski definition) is 4. The number of aromatic nitrogens is 6. The van der Waals surface area contributed by atoms with Crippen LogP contribution in [-0.4, -0.2) is 29.9 Å². The van der Waals surface area contributed by atoms with Gasteiger partial charge in [-0.3, -0.25) is 0 Å². The van der Waals surface area contributed by atoms with Gasteiger partial charge in [-0.2, -0.15) is 0 Å². The Balaban J connectivity index is 0.00000204. The molecule has 0 aromatic carbocycles. The van der Waals surface area contributed by atoms with Crippen LogP contribution in [0.1, 0.15) is 22.8 Å². The minimum Gasteiger partial charge on any atom is -0.355 e. The monoisotopic (exact) mass is 451 g/mol. The van der Waals surface area contributed by atoms with Crippen LogP contribution in [0.25, 0.3) is 57.8 Å². The molecule has 0 spiro atoms. The minimum atomic E-state index is 0. The van der Waals surface area contributed by atoms with Crippen molar-refractivity contribution in [3.8, 4) is 11.4 Å². The quantitative estimate of drug-likeness (QED) is 0.340. The molecule has 7 heteroatoms. The zero-order valence-corrected chi connectivity index (χ0v) is 17.1. The smallest absolute Gasteiger partial charge is 0.161 e. The Hall–Kier alpha value is -3.80. The van der Waals surface area contributed by atoms with Crippen LogP contribution in [0.3, 0.4) is 0 Å². The van der Waals surface area contributed by atoms with E-state index in [1.807, 2.05) is 72.8 Å². The van der Waals surface area contributed by atoms with Crippen molar-refractivity contribution in [1.29, 1.82) is 0 Å². The molecule has 0 aliphatic carbocycles. The third-order valence-electron chi connectivity index (χ3n) is 4.98. The summed E-state index contributed by atoms with van der Waals surface area (Å²) in [7, 11) is 0. The van der Waals surface area contributed by atoms with Crippen LogP contribution in [-0.2, 0) is 17.1 Å². The molecular weight excluding hydrogens is 436 g/mol. The van der Waals surface area contributed by atoms with E-state index in [9.17, 15) is 0 Å². The fourth-order valence-corrected chi connectivity index (χ4v) is 3.64. The first kappa shape index (κ1) is 19.2. The van der Waals surface area contributed by atoms with Crippen LogP contribution >= 0.6 is 0 Å². The normalized spacial score (nSPS) is 12.0. The number of aromatic amines is 2. The molecule has 4 aromatic heterocycles. The molecule has 2 N–H and O–H groups in total. The van der Waals surface area contributed by atoms with E-state index < -0.39 is 0 Å². The van der Waals surface area contributed by atoms with Crippen LogP contribution in [0.2, 0.25) is 0 Å². The molecule has 0 saturated heterocycles. The van der Waals surface area contributed by atoms with Crippen LogP contribution in [0.5, 0.6) is 0 Å². The predicted molar refractivity (Wildman–Crippen MR) is 120 cm³/mol. The van der Waals surface area contributed by atoms with E-state index in [-0.39, 0.29) is 17.1 Å². The Labute approximate surface area is 188 Å². The molecule has 6 nitrogen and oxygen atoms in total. The number of nitrogens with zero attached hydrogens (tertiary/aromatic N) is 4. The Morgan fingerprint density at radius 2 is 1.13 bits per heavy atom. The molecule has 4 aromatic rings. The fraction of sp³-hybridized carbons (Fsp3) is 0. The average molecular weight is 452 g/mol. The molecule has 2 aliphatic rings. The molecule has 0 saturated carbocycles. The summed E-state index contributed by atoms with van der Waals surface area (Å²) in [5.74, 6) is 0.666. The number of rotatable bonds is 1. The fourth-order valence-electron chi connectivity index (χ4n) is 3.64. The van der Waals surface area contributed by atoms with Gasteiger partial charge in [0.1, 0.15) is 0 Å². The van der Waals surface area contributed by atoms with Gasteiger partial charge in [-0.15, -0.1) is 0 Å². The molecule has 6 heterocycles. The minimum absolute atomic E-state index is 0. The second-order valence-electron chi connectivity index (χ2n) is 7.16. The molecular formula is C24H16CuN6. The summed E-state index contributed by atoms with van der Waals surface area (Å²) in [6, 6.07) is 16.0. The van der Waals surface area contributed by atoms with E-state index in [4.69, 9.17) is 9.97 Å². The summed E-state index contributed by atoms with van der Waals surface area (Å²) < 4.78 is 0. The zero-order valence-electron chi connectivity index (χ0n) is 16.2. The first-order valence-corrected chi connectivity index (χ1v) is 9.64. The summed E-state index contributed by atoms with van der Waals surface area (Å²) in [4.78, 5) is 25.1. The standard InChI is InChI=1S/C24H16N6.Cu/c1-8-25-24(26-9-1)22-13-21-12-19-5-4-17(28-19)10-15-2-3-16(27-15)11-18-6-7-20(29-18)14-23(22)30-21;/h1-14,27,30H;. The maximum Gasteiger partial charge on any atom is 0.161 e. The molecule has 6 rings (SSSR count). The van der Waals surface area contributed by atoms with Gasteiger partial charge in [0.2, 0.25) is 0 Å². The number of fused-ring (bicyclic) bond motifs is 8. The SMILES string of the molecule is C1=Cc2cc3cc(-c4ncccn4)c(cc4nc(cc5ccc(cc1n2)[nH]5)C=C4)[nH]3.[Cu]. The maximum absolute atomic E-state index is 4.73. The molecule has 153 valence electrons. The van der Waals surface area contributed by atoms with Gasteiger partial charge in [0, 0.05) is 51.6 Å². The molecule has 31 heavy (non-hydrogen) atoms. The van der Waals surface area contributed by atoms with Gasteiger partial charge in [0.25, 0.3) is 0 Å².